The van der Waals surface area contributed by atoms with E-state index in [9.17, 15) is 4.79 Å². The number of nitrogens with one attached hydrogen (secondary N) is 2. The van der Waals surface area contributed by atoms with Crippen molar-refractivity contribution >= 4 is 23.2 Å². The van der Waals surface area contributed by atoms with Crippen LogP contribution in [0.5, 0.6) is 5.75 Å². The highest BCUT2D eigenvalue weighted by atomic mass is 35.5. The van der Waals surface area contributed by atoms with E-state index in [1.165, 1.54) is 12.0 Å². The van der Waals surface area contributed by atoms with Gasteiger partial charge in [-0.05, 0) is 61.2 Å². The maximum Gasteiger partial charge on any atom is 0.228 e. The van der Waals surface area contributed by atoms with E-state index in [1.54, 1.807) is 25.3 Å². The van der Waals surface area contributed by atoms with Gasteiger partial charge in [0.1, 0.15) is 5.75 Å². The quantitative estimate of drug-likeness (QED) is 0.828. The van der Waals surface area contributed by atoms with Gasteiger partial charge >= 0.3 is 0 Å². The van der Waals surface area contributed by atoms with Crippen LogP contribution in [0.15, 0.2) is 42.5 Å². The minimum absolute atomic E-state index is 0.0895. The van der Waals surface area contributed by atoms with Crippen molar-refractivity contribution in [1.82, 2.24) is 5.32 Å². The van der Waals surface area contributed by atoms with Gasteiger partial charge in [-0.25, -0.2) is 0 Å². The Hall–Kier alpha value is -2.04. The largest absolute Gasteiger partial charge is 0.495 e. The Labute approximate surface area is 153 Å². The molecule has 2 aromatic carbocycles. The van der Waals surface area contributed by atoms with Gasteiger partial charge in [0.15, 0.2) is 0 Å². The summed E-state index contributed by atoms with van der Waals surface area (Å²) in [6.07, 6.45) is 2.66. The lowest BCUT2D eigenvalue weighted by molar-refractivity contribution is -0.115. The molecule has 4 nitrogen and oxygen atoms in total. The fraction of sp³-hybridized carbons (Fsp3) is 0.350. The number of carbonyl (C=O) groups is 1. The summed E-state index contributed by atoms with van der Waals surface area (Å²) < 4.78 is 5.25. The van der Waals surface area contributed by atoms with E-state index in [0.29, 0.717) is 22.9 Å². The molecule has 0 radical (unpaired) electrons. The molecule has 0 aliphatic carbocycles. The molecule has 1 unspecified atom stereocenters. The second kappa shape index (κ2) is 8.37. The molecule has 0 bridgehead atoms. The Balaban J connectivity index is 1.58. The molecule has 0 saturated carbocycles. The maximum atomic E-state index is 12.3. The van der Waals surface area contributed by atoms with Gasteiger partial charge < -0.3 is 15.4 Å². The van der Waals surface area contributed by atoms with Crippen LogP contribution in [0, 0.1) is 5.92 Å². The third-order valence-electron chi connectivity index (χ3n) is 4.51. The van der Waals surface area contributed by atoms with Gasteiger partial charge in [-0.3, -0.25) is 4.79 Å². The van der Waals surface area contributed by atoms with Crippen LogP contribution < -0.4 is 15.4 Å². The first-order valence-electron chi connectivity index (χ1n) is 8.56. The Morgan fingerprint density at radius 3 is 2.68 bits per heavy atom. The first-order chi connectivity index (χ1) is 12.1. The monoisotopic (exact) mass is 358 g/mol. The first-order valence-corrected chi connectivity index (χ1v) is 8.94. The highest BCUT2D eigenvalue weighted by molar-refractivity contribution is 6.31. The minimum atomic E-state index is -0.0895. The molecular weight excluding hydrogens is 336 g/mol. The maximum absolute atomic E-state index is 12.3. The Morgan fingerprint density at radius 1 is 1.24 bits per heavy atom. The van der Waals surface area contributed by atoms with Crippen LogP contribution in [-0.2, 0) is 17.6 Å². The standard InChI is InChI=1S/C20H23ClN2O2/c1-25-19-7-6-17(21)12-18(19)23-20(24)11-15-4-2-14(3-5-15)10-16-8-9-22-13-16/h2-7,12,16,22H,8-11,13H2,1H3,(H,23,24). The van der Waals surface area contributed by atoms with E-state index < -0.39 is 0 Å². The summed E-state index contributed by atoms with van der Waals surface area (Å²) in [5.41, 5.74) is 2.91. The zero-order valence-corrected chi connectivity index (χ0v) is 15.1. The summed E-state index contributed by atoms with van der Waals surface area (Å²) in [5.74, 6) is 1.23. The number of ether oxygens (including phenoxy) is 1. The summed E-state index contributed by atoms with van der Waals surface area (Å²) in [5, 5.41) is 6.82. The van der Waals surface area contributed by atoms with Crippen molar-refractivity contribution in [3.8, 4) is 5.75 Å². The van der Waals surface area contributed by atoms with Crippen LogP contribution in [0.3, 0.4) is 0 Å². The molecule has 1 fully saturated rings. The second-order valence-corrected chi connectivity index (χ2v) is 6.89. The van der Waals surface area contributed by atoms with E-state index >= 15 is 0 Å². The van der Waals surface area contributed by atoms with Gasteiger partial charge in [0.25, 0.3) is 0 Å². The number of hydrogen-bond acceptors (Lipinski definition) is 3. The van der Waals surface area contributed by atoms with Gasteiger partial charge in [-0.1, -0.05) is 35.9 Å². The second-order valence-electron chi connectivity index (χ2n) is 6.45. The number of methoxy groups -OCH3 is 1. The van der Waals surface area contributed by atoms with E-state index in [4.69, 9.17) is 16.3 Å². The summed E-state index contributed by atoms with van der Waals surface area (Å²) in [6, 6.07) is 13.5. The van der Waals surface area contributed by atoms with Crippen molar-refractivity contribution in [1.29, 1.82) is 0 Å². The molecule has 5 heteroatoms. The summed E-state index contributed by atoms with van der Waals surface area (Å²) in [4.78, 5) is 12.3. The average molecular weight is 359 g/mol. The molecule has 1 amide bonds. The molecule has 1 saturated heterocycles. The summed E-state index contributed by atoms with van der Waals surface area (Å²) in [7, 11) is 1.57. The molecule has 1 heterocycles. The van der Waals surface area contributed by atoms with Crippen LogP contribution in [0.25, 0.3) is 0 Å². The van der Waals surface area contributed by atoms with E-state index in [0.717, 1.165) is 31.0 Å². The predicted octanol–water partition coefficient (Wildman–Crippen LogP) is 3.68. The minimum Gasteiger partial charge on any atom is -0.495 e. The van der Waals surface area contributed by atoms with E-state index in [2.05, 4.69) is 22.8 Å². The van der Waals surface area contributed by atoms with Crippen LogP contribution >= 0.6 is 11.6 Å². The molecule has 132 valence electrons. The van der Waals surface area contributed by atoms with Crippen molar-refractivity contribution in [3.63, 3.8) is 0 Å². The Morgan fingerprint density at radius 2 is 2.00 bits per heavy atom. The fourth-order valence-corrected chi connectivity index (χ4v) is 3.34. The highest BCUT2D eigenvalue weighted by Gasteiger charge is 2.15. The number of halogens is 1. The number of rotatable bonds is 6. The van der Waals surface area contributed by atoms with Gasteiger partial charge in [-0.15, -0.1) is 0 Å². The highest BCUT2D eigenvalue weighted by Crippen LogP contribution is 2.27. The fourth-order valence-electron chi connectivity index (χ4n) is 3.17. The first kappa shape index (κ1) is 17.8. The van der Waals surface area contributed by atoms with Crippen molar-refractivity contribution in [3.05, 3.63) is 58.6 Å². The molecular formula is C20H23ClN2O2. The van der Waals surface area contributed by atoms with Crippen molar-refractivity contribution in [2.45, 2.75) is 19.3 Å². The molecule has 0 aromatic heterocycles. The third kappa shape index (κ3) is 4.97. The Kier molecular flexibility index (Phi) is 5.95. The lowest BCUT2D eigenvalue weighted by atomic mass is 9.97. The van der Waals surface area contributed by atoms with Crippen LogP contribution in [0.2, 0.25) is 5.02 Å². The van der Waals surface area contributed by atoms with Crippen LogP contribution in [0.1, 0.15) is 17.5 Å². The molecule has 1 aliphatic rings. The smallest absolute Gasteiger partial charge is 0.228 e. The number of amides is 1. The predicted molar refractivity (Wildman–Crippen MR) is 101 cm³/mol. The number of anilines is 1. The van der Waals surface area contributed by atoms with Crippen molar-refractivity contribution in [2.75, 3.05) is 25.5 Å². The van der Waals surface area contributed by atoms with Crippen LogP contribution in [-0.4, -0.2) is 26.1 Å². The molecule has 3 rings (SSSR count). The van der Waals surface area contributed by atoms with Gasteiger partial charge in [-0.2, -0.15) is 0 Å². The van der Waals surface area contributed by atoms with Crippen LogP contribution in [0.4, 0.5) is 5.69 Å². The molecule has 2 aromatic rings. The average Bonchev–Trinajstić information content (AvgIpc) is 3.10. The lowest BCUT2D eigenvalue weighted by Gasteiger charge is -2.11. The zero-order chi connectivity index (χ0) is 17.6. The molecule has 1 aliphatic heterocycles. The lowest BCUT2D eigenvalue weighted by Crippen LogP contribution is -2.15. The third-order valence-corrected chi connectivity index (χ3v) is 4.75. The normalized spacial score (nSPS) is 16.6. The SMILES string of the molecule is COc1ccc(Cl)cc1NC(=O)Cc1ccc(CC2CCNC2)cc1. The molecule has 0 spiro atoms. The molecule has 25 heavy (non-hydrogen) atoms. The van der Waals surface area contributed by atoms with E-state index in [1.807, 2.05) is 12.1 Å². The van der Waals surface area contributed by atoms with Crippen molar-refractivity contribution < 1.29 is 9.53 Å². The van der Waals surface area contributed by atoms with E-state index in [-0.39, 0.29) is 5.91 Å². The van der Waals surface area contributed by atoms with Gasteiger partial charge in [0, 0.05) is 5.02 Å². The molecule has 2 N–H and O–H groups in total. The van der Waals surface area contributed by atoms with Gasteiger partial charge in [0.2, 0.25) is 5.91 Å². The summed E-state index contributed by atoms with van der Waals surface area (Å²) in [6.45, 7) is 2.22. The molecule has 1 atom stereocenters. The number of hydrogen-bond donors (Lipinski definition) is 2. The zero-order valence-electron chi connectivity index (χ0n) is 14.3. The topological polar surface area (TPSA) is 50.4 Å². The number of carbonyl (C=O) groups excluding carboxylic acids is 1. The summed E-state index contributed by atoms with van der Waals surface area (Å²) >= 11 is 5.99. The van der Waals surface area contributed by atoms with Crippen molar-refractivity contribution in [2.24, 2.45) is 5.92 Å². The number of benzene rings is 2. The Bertz CT molecular complexity index is 725. The van der Waals surface area contributed by atoms with Gasteiger partial charge in [0.05, 0.1) is 19.2 Å².